The van der Waals surface area contributed by atoms with E-state index in [-0.39, 0.29) is 6.42 Å². The topological polar surface area (TPSA) is 63.1 Å². The summed E-state index contributed by atoms with van der Waals surface area (Å²) in [6.45, 7) is 0. The van der Waals surface area contributed by atoms with E-state index in [0.717, 1.165) is 30.5 Å². The molecule has 2 rings (SSSR count). The molecule has 0 unspecified atom stereocenters. The molecule has 0 saturated heterocycles. The van der Waals surface area contributed by atoms with Crippen LogP contribution in [0.1, 0.15) is 23.4 Å². The number of nitrogens with zero attached hydrogens (tertiary/aromatic N) is 2. The molecule has 1 aromatic rings. The standard InChI is InChI=1S/C10H12N2O2S/c1-15-10-11-7-4-2-3-6(7)8(12-10)5-9(13)14/h2-5H2,1H3,(H,13,14). The molecule has 1 aliphatic carbocycles. The molecule has 0 aromatic carbocycles. The highest BCUT2D eigenvalue weighted by atomic mass is 32.2. The number of carboxylic acid groups (broad SMARTS) is 1. The van der Waals surface area contributed by atoms with Crippen LogP contribution in [0.4, 0.5) is 0 Å². The zero-order valence-corrected chi connectivity index (χ0v) is 9.30. The van der Waals surface area contributed by atoms with Gasteiger partial charge in [-0.1, -0.05) is 11.8 Å². The Hall–Kier alpha value is -1.10. The van der Waals surface area contributed by atoms with Crippen molar-refractivity contribution in [3.63, 3.8) is 0 Å². The molecule has 0 aliphatic heterocycles. The quantitative estimate of drug-likeness (QED) is 0.619. The van der Waals surface area contributed by atoms with Crippen molar-refractivity contribution < 1.29 is 9.90 Å². The molecule has 0 radical (unpaired) electrons. The van der Waals surface area contributed by atoms with Crippen molar-refractivity contribution in [1.29, 1.82) is 0 Å². The van der Waals surface area contributed by atoms with E-state index in [2.05, 4.69) is 9.97 Å². The summed E-state index contributed by atoms with van der Waals surface area (Å²) in [5.74, 6) is -0.824. The van der Waals surface area contributed by atoms with Crippen LogP contribution < -0.4 is 0 Å². The molecule has 0 amide bonds. The molecule has 1 aromatic heterocycles. The van der Waals surface area contributed by atoms with Gasteiger partial charge in [0.25, 0.3) is 0 Å². The number of aliphatic carboxylic acids is 1. The smallest absolute Gasteiger partial charge is 0.309 e. The fourth-order valence-electron chi connectivity index (χ4n) is 1.87. The van der Waals surface area contributed by atoms with E-state index in [9.17, 15) is 4.79 Å². The Morgan fingerprint density at radius 2 is 2.27 bits per heavy atom. The summed E-state index contributed by atoms with van der Waals surface area (Å²) in [4.78, 5) is 19.4. The zero-order valence-electron chi connectivity index (χ0n) is 8.49. The normalized spacial score (nSPS) is 13.9. The second-order valence-corrected chi connectivity index (χ2v) is 4.28. The van der Waals surface area contributed by atoms with Crippen LogP contribution in [0.5, 0.6) is 0 Å². The maximum atomic E-state index is 10.7. The third-order valence-electron chi connectivity index (χ3n) is 2.50. The molecule has 1 aliphatic rings. The van der Waals surface area contributed by atoms with Crippen molar-refractivity contribution in [2.75, 3.05) is 6.26 Å². The predicted molar refractivity (Wildman–Crippen MR) is 57.2 cm³/mol. The van der Waals surface area contributed by atoms with Gasteiger partial charge in [0.1, 0.15) is 0 Å². The van der Waals surface area contributed by atoms with Gasteiger partial charge in [0, 0.05) is 5.69 Å². The van der Waals surface area contributed by atoms with E-state index in [1.54, 1.807) is 0 Å². The van der Waals surface area contributed by atoms with Crippen molar-refractivity contribution >= 4 is 17.7 Å². The second-order valence-electron chi connectivity index (χ2n) is 3.51. The molecule has 4 nitrogen and oxygen atoms in total. The minimum absolute atomic E-state index is 0.0123. The molecule has 0 bridgehead atoms. The number of carbonyl (C=O) groups is 1. The molecule has 15 heavy (non-hydrogen) atoms. The minimum atomic E-state index is -0.824. The number of hydrogen-bond donors (Lipinski definition) is 1. The van der Waals surface area contributed by atoms with Gasteiger partial charge in [-0.2, -0.15) is 0 Å². The van der Waals surface area contributed by atoms with Crippen LogP contribution in [0, 0.1) is 0 Å². The number of hydrogen-bond acceptors (Lipinski definition) is 4. The van der Waals surface area contributed by atoms with E-state index in [0.29, 0.717) is 10.9 Å². The van der Waals surface area contributed by atoms with Crippen LogP contribution in [0.15, 0.2) is 5.16 Å². The number of rotatable bonds is 3. The SMILES string of the molecule is CSc1nc2c(c(CC(=O)O)n1)CCC2. The van der Waals surface area contributed by atoms with Gasteiger partial charge in [-0.15, -0.1) is 0 Å². The minimum Gasteiger partial charge on any atom is -0.481 e. The van der Waals surface area contributed by atoms with Gasteiger partial charge >= 0.3 is 5.97 Å². The van der Waals surface area contributed by atoms with Crippen molar-refractivity contribution in [3.8, 4) is 0 Å². The fourth-order valence-corrected chi connectivity index (χ4v) is 2.27. The molecular formula is C10H12N2O2S. The van der Waals surface area contributed by atoms with Crippen molar-refractivity contribution in [1.82, 2.24) is 9.97 Å². The van der Waals surface area contributed by atoms with Gasteiger partial charge in [-0.25, -0.2) is 9.97 Å². The monoisotopic (exact) mass is 224 g/mol. The number of aromatic nitrogens is 2. The summed E-state index contributed by atoms with van der Waals surface area (Å²) < 4.78 is 0. The molecule has 80 valence electrons. The van der Waals surface area contributed by atoms with Crippen LogP contribution in [-0.2, 0) is 24.1 Å². The van der Waals surface area contributed by atoms with Gasteiger partial charge in [0.05, 0.1) is 12.1 Å². The fraction of sp³-hybridized carbons (Fsp3) is 0.500. The first-order chi connectivity index (χ1) is 7.20. The Labute approximate surface area is 92.1 Å². The summed E-state index contributed by atoms with van der Waals surface area (Å²) in [5, 5.41) is 9.48. The van der Waals surface area contributed by atoms with Gasteiger partial charge in [-0.05, 0) is 31.1 Å². The summed E-state index contributed by atoms with van der Waals surface area (Å²) in [7, 11) is 0. The lowest BCUT2D eigenvalue weighted by atomic mass is 10.1. The molecule has 5 heteroatoms. The summed E-state index contributed by atoms with van der Waals surface area (Å²) in [6, 6.07) is 0. The van der Waals surface area contributed by atoms with Crippen molar-refractivity contribution in [3.05, 3.63) is 17.0 Å². The first-order valence-electron chi connectivity index (χ1n) is 4.85. The van der Waals surface area contributed by atoms with Gasteiger partial charge in [0.15, 0.2) is 5.16 Å². The number of thioether (sulfide) groups is 1. The number of fused-ring (bicyclic) bond motifs is 1. The second kappa shape index (κ2) is 4.18. The highest BCUT2D eigenvalue weighted by molar-refractivity contribution is 7.98. The summed E-state index contributed by atoms with van der Waals surface area (Å²) in [5.41, 5.74) is 2.81. The average molecular weight is 224 g/mol. The summed E-state index contributed by atoms with van der Waals surface area (Å²) in [6.07, 6.45) is 4.86. The first-order valence-corrected chi connectivity index (χ1v) is 6.07. The molecule has 0 atom stereocenters. The maximum absolute atomic E-state index is 10.7. The lowest BCUT2D eigenvalue weighted by Gasteiger charge is -2.06. The zero-order chi connectivity index (χ0) is 10.8. The van der Waals surface area contributed by atoms with Crippen LogP contribution >= 0.6 is 11.8 Å². The van der Waals surface area contributed by atoms with E-state index in [1.807, 2.05) is 6.26 Å². The molecule has 0 spiro atoms. The first kappa shape index (κ1) is 10.4. The maximum Gasteiger partial charge on any atom is 0.309 e. The van der Waals surface area contributed by atoms with Crippen LogP contribution in [0.2, 0.25) is 0 Å². The highest BCUT2D eigenvalue weighted by Crippen LogP contribution is 2.25. The Kier molecular flexibility index (Phi) is 2.90. The van der Waals surface area contributed by atoms with Crippen LogP contribution in [0.3, 0.4) is 0 Å². The van der Waals surface area contributed by atoms with Gasteiger partial charge in [0.2, 0.25) is 0 Å². The Morgan fingerprint density at radius 1 is 1.47 bits per heavy atom. The number of carboxylic acids is 1. The van der Waals surface area contributed by atoms with Gasteiger partial charge < -0.3 is 5.11 Å². The van der Waals surface area contributed by atoms with Crippen LogP contribution in [-0.4, -0.2) is 27.3 Å². The van der Waals surface area contributed by atoms with E-state index in [4.69, 9.17) is 5.11 Å². The Balaban J connectivity index is 2.42. The van der Waals surface area contributed by atoms with E-state index >= 15 is 0 Å². The molecule has 0 saturated carbocycles. The Morgan fingerprint density at radius 3 is 2.93 bits per heavy atom. The van der Waals surface area contributed by atoms with Crippen molar-refractivity contribution in [2.24, 2.45) is 0 Å². The highest BCUT2D eigenvalue weighted by Gasteiger charge is 2.20. The third kappa shape index (κ3) is 2.12. The molecular weight excluding hydrogens is 212 g/mol. The number of aryl methyl sites for hydroxylation is 1. The third-order valence-corrected chi connectivity index (χ3v) is 3.05. The molecule has 0 fully saturated rings. The predicted octanol–water partition coefficient (Wildman–Crippen LogP) is 1.31. The lowest BCUT2D eigenvalue weighted by Crippen LogP contribution is -2.08. The van der Waals surface area contributed by atoms with Gasteiger partial charge in [-0.3, -0.25) is 4.79 Å². The van der Waals surface area contributed by atoms with Crippen LogP contribution in [0.25, 0.3) is 0 Å². The largest absolute Gasteiger partial charge is 0.481 e. The Bertz CT molecular complexity index is 407. The van der Waals surface area contributed by atoms with E-state index in [1.165, 1.54) is 11.8 Å². The average Bonchev–Trinajstić information content (AvgIpc) is 2.64. The lowest BCUT2D eigenvalue weighted by molar-refractivity contribution is -0.136. The molecule has 1 N–H and O–H groups in total. The summed E-state index contributed by atoms with van der Waals surface area (Å²) >= 11 is 1.46. The molecule has 1 heterocycles. The van der Waals surface area contributed by atoms with Crippen molar-refractivity contribution in [2.45, 2.75) is 30.8 Å². The van der Waals surface area contributed by atoms with E-state index < -0.39 is 5.97 Å².